The van der Waals surface area contributed by atoms with E-state index in [1.54, 1.807) is 0 Å². The normalized spacial score (nSPS) is 20.8. The summed E-state index contributed by atoms with van der Waals surface area (Å²) in [6.07, 6.45) is 2.47. The lowest BCUT2D eigenvalue weighted by Gasteiger charge is -2.23. The van der Waals surface area contributed by atoms with E-state index in [9.17, 15) is 9.00 Å². The maximum atomic E-state index is 11.6. The van der Waals surface area contributed by atoms with Gasteiger partial charge in [0.15, 0.2) is 0 Å². The molecule has 3 N–H and O–H groups in total. The summed E-state index contributed by atoms with van der Waals surface area (Å²) in [5, 5.41) is 2.89. The molecular formula is C11H22N2O3S. The molecule has 0 aromatic carbocycles. The van der Waals surface area contributed by atoms with Crippen LogP contribution in [0.3, 0.4) is 0 Å². The molecule has 6 heteroatoms. The van der Waals surface area contributed by atoms with Gasteiger partial charge in [-0.3, -0.25) is 9.00 Å². The van der Waals surface area contributed by atoms with Crippen molar-refractivity contribution in [1.29, 1.82) is 0 Å². The van der Waals surface area contributed by atoms with Crippen molar-refractivity contribution in [1.82, 2.24) is 5.32 Å². The summed E-state index contributed by atoms with van der Waals surface area (Å²) in [4.78, 5) is 11.6. The number of ether oxygens (including phenoxy) is 1. The van der Waals surface area contributed by atoms with Crippen molar-refractivity contribution in [3.63, 3.8) is 0 Å². The highest BCUT2D eigenvalue weighted by molar-refractivity contribution is 7.85. The second-order valence-electron chi connectivity index (χ2n) is 4.37. The summed E-state index contributed by atoms with van der Waals surface area (Å²) in [5.74, 6) is 0.321. The first-order valence-electron chi connectivity index (χ1n) is 6.09. The van der Waals surface area contributed by atoms with Gasteiger partial charge in [0.25, 0.3) is 0 Å². The van der Waals surface area contributed by atoms with E-state index in [1.807, 2.05) is 6.92 Å². The first kappa shape index (κ1) is 14.6. The van der Waals surface area contributed by atoms with Gasteiger partial charge in [-0.05, 0) is 19.3 Å². The summed E-state index contributed by atoms with van der Waals surface area (Å²) in [7, 11) is -1.15. The summed E-state index contributed by atoms with van der Waals surface area (Å²) in [5.41, 5.74) is 5.69. The molecule has 5 nitrogen and oxygen atoms in total. The molecule has 1 heterocycles. The van der Waals surface area contributed by atoms with Crippen LogP contribution >= 0.6 is 0 Å². The van der Waals surface area contributed by atoms with E-state index < -0.39 is 10.8 Å². The van der Waals surface area contributed by atoms with Crippen molar-refractivity contribution in [3.05, 3.63) is 0 Å². The van der Waals surface area contributed by atoms with Crippen molar-refractivity contribution >= 4 is 16.7 Å². The highest BCUT2D eigenvalue weighted by Gasteiger charge is 2.17. The van der Waals surface area contributed by atoms with Crippen LogP contribution < -0.4 is 11.1 Å². The van der Waals surface area contributed by atoms with Gasteiger partial charge in [0, 0.05) is 41.8 Å². The van der Waals surface area contributed by atoms with Crippen LogP contribution in [0.1, 0.15) is 26.2 Å². The molecule has 1 fully saturated rings. The van der Waals surface area contributed by atoms with E-state index in [2.05, 4.69) is 5.32 Å². The molecule has 1 aliphatic rings. The highest BCUT2D eigenvalue weighted by Crippen LogP contribution is 2.05. The molecule has 0 aromatic heterocycles. The highest BCUT2D eigenvalue weighted by atomic mass is 32.2. The van der Waals surface area contributed by atoms with Crippen LogP contribution in [0.25, 0.3) is 0 Å². The Kier molecular flexibility index (Phi) is 6.69. The molecule has 0 spiro atoms. The molecule has 2 unspecified atom stereocenters. The molecule has 1 saturated heterocycles. The minimum absolute atomic E-state index is 0.0606. The molecular weight excluding hydrogens is 240 g/mol. The van der Waals surface area contributed by atoms with Crippen LogP contribution in [0, 0.1) is 0 Å². The number of amides is 1. The van der Waals surface area contributed by atoms with Crippen LogP contribution in [0.5, 0.6) is 0 Å². The molecule has 0 saturated carbocycles. The maximum absolute atomic E-state index is 11.6. The number of hydrogen-bond acceptors (Lipinski definition) is 4. The van der Waals surface area contributed by atoms with Gasteiger partial charge >= 0.3 is 0 Å². The van der Waals surface area contributed by atoms with E-state index in [4.69, 9.17) is 10.5 Å². The summed E-state index contributed by atoms with van der Waals surface area (Å²) in [6.45, 7) is 3.33. The van der Waals surface area contributed by atoms with Gasteiger partial charge in [0.1, 0.15) is 5.75 Å². The number of nitrogens with two attached hydrogens (primary N) is 1. The molecule has 1 amide bonds. The Bertz CT molecular complexity index is 267. The van der Waals surface area contributed by atoms with Crippen molar-refractivity contribution in [2.75, 3.05) is 24.7 Å². The third-order valence-corrected chi connectivity index (χ3v) is 4.19. The zero-order chi connectivity index (χ0) is 12.7. The van der Waals surface area contributed by atoms with Crippen LogP contribution in [-0.2, 0) is 20.3 Å². The van der Waals surface area contributed by atoms with Gasteiger partial charge in [-0.1, -0.05) is 6.92 Å². The molecule has 2 atom stereocenters. The van der Waals surface area contributed by atoms with E-state index in [-0.39, 0.29) is 23.7 Å². The van der Waals surface area contributed by atoms with E-state index in [0.717, 1.165) is 19.3 Å². The summed E-state index contributed by atoms with van der Waals surface area (Å²) in [6, 6.07) is 0.0970. The molecule has 0 bridgehead atoms. The molecule has 0 radical (unpaired) electrons. The maximum Gasteiger partial charge on any atom is 0.232 e. The SMILES string of the molecule is CCC(N)CS(=O)CC(=O)NC1CCOCC1. The van der Waals surface area contributed by atoms with Crippen molar-refractivity contribution < 1.29 is 13.7 Å². The Morgan fingerprint density at radius 3 is 2.76 bits per heavy atom. The quantitative estimate of drug-likeness (QED) is 0.692. The van der Waals surface area contributed by atoms with Gasteiger partial charge < -0.3 is 15.8 Å². The minimum atomic E-state index is -1.15. The Labute approximate surface area is 105 Å². The lowest BCUT2D eigenvalue weighted by molar-refractivity contribution is -0.119. The number of carbonyl (C=O) groups excluding carboxylic acids is 1. The fraction of sp³-hybridized carbons (Fsp3) is 0.909. The third-order valence-electron chi connectivity index (χ3n) is 2.80. The lowest BCUT2D eigenvalue weighted by atomic mass is 10.1. The van der Waals surface area contributed by atoms with Gasteiger partial charge in [-0.15, -0.1) is 0 Å². The number of rotatable bonds is 6. The number of hydrogen-bond donors (Lipinski definition) is 2. The van der Waals surface area contributed by atoms with Gasteiger partial charge in [-0.25, -0.2) is 0 Å². The van der Waals surface area contributed by atoms with E-state index >= 15 is 0 Å². The third kappa shape index (κ3) is 6.14. The first-order chi connectivity index (χ1) is 8.11. The minimum Gasteiger partial charge on any atom is -0.381 e. The average molecular weight is 262 g/mol. The zero-order valence-electron chi connectivity index (χ0n) is 10.3. The first-order valence-corrected chi connectivity index (χ1v) is 7.58. The van der Waals surface area contributed by atoms with E-state index in [1.165, 1.54) is 0 Å². The average Bonchev–Trinajstić information content (AvgIpc) is 2.29. The lowest BCUT2D eigenvalue weighted by Crippen LogP contribution is -2.41. The smallest absolute Gasteiger partial charge is 0.232 e. The molecule has 100 valence electrons. The van der Waals surface area contributed by atoms with E-state index in [0.29, 0.717) is 19.0 Å². The van der Waals surface area contributed by atoms with Crippen molar-refractivity contribution in [2.45, 2.75) is 38.3 Å². The van der Waals surface area contributed by atoms with Gasteiger partial charge in [0.2, 0.25) is 5.91 Å². The topological polar surface area (TPSA) is 81.4 Å². The largest absolute Gasteiger partial charge is 0.381 e. The molecule has 17 heavy (non-hydrogen) atoms. The summed E-state index contributed by atoms with van der Waals surface area (Å²) >= 11 is 0. The second kappa shape index (κ2) is 7.79. The Hall–Kier alpha value is -0.460. The molecule has 0 aliphatic carbocycles. The summed E-state index contributed by atoms with van der Waals surface area (Å²) < 4.78 is 16.8. The predicted molar refractivity (Wildman–Crippen MR) is 68.1 cm³/mol. The van der Waals surface area contributed by atoms with Crippen LogP contribution in [0.2, 0.25) is 0 Å². The predicted octanol–water partition coefficient (Wildman–Crippen LogP) is -0.232. The molecule has 1 aliphatic heterocycles. The van der Waals surface area contributed by atoms with Crippen LogP contribution in [0.4, 0.5) is 0 Å². The molecule has 1 rings (SSSR count). The van der Waals surface area contributed by atoms with Gasteiger partial charge in [-0.2, -0.15) is 0 Å². The van der Waals surface area contributed by atoms with Crippen LogP contribution in [0.15, 0.2) is 0 Å². The standard InChI is InChI=1S/C11H22N2O3S/c1-2-9(12)7-17(15)8-11(14)13-10-3-5-16-6-4-10/h9-10H,2-8,12H2,1H3,(H,13,14). The monoisotopic (exact) mass is 262 g/mol. The Morgan fingerprint density at radius 1 is 1.53 bits per heavy atom. The Morgan fingerprint density at radius 2 is 2.18 bits per heavy atom. The number of nitrogens with one attached hydrogen (secondary N) is 1. The fourth-order valence-electron chi connectivity index (χ4n) is 1.67. The Balaban J connectivity index is 2.21. The van der Waals surface area contributed by atoms with Crippen molar-refractivity contribution in [2.24, 2.45) is 5.73 Å². The number of carbonyl (C=O) groups is 1. The molecule has 0 aromatic rings. The zero-order valence-corrected chi connectivity index (χ0v) is 11.1. The van der Waals surface area contributed by atoms with Crippen molar-refractivity contribution in [3.8, 4) is 0 Å². The second-order valence-corrected chi connectivity index (χ2v) is 5.87. The van der Waals surface area contributed by atoms with Gasteiger partial charge in [0.05, 0.1) is 0 Å². The van der Waals surface area contributed by atoms with Crippen LogP contribution in [-0.4, -0.2) is 46.9 Å². The fourth-order valence-corrected chi connectivity index (χ4v) is 2.88.